The van der Waals surface area contributed by atoms with Crippen LogP contribution in [0.25, 0.3) is 10.3 Å². The maximum absolute atomic E-state index is 12.4. The van der Waals surface area contributed by atoms with Gasteiger partial charge in [-0.25, -0.2) is 15.0 Å². The molecule has 29 heavy (non-hydrogen) atoms. The number of ether oxygens (including phenoxy) is 2. The first-order valence-corrected chi connectivity index (χ1v) is 9.32. The largest absolute Gasteiger partial charge is 0.503 e. The maximum atomic E-state index is 12.4. The number of aromatic nitrogens is 4. The van der Waals surface area contributed by atoms with Gasteiger partial charge in [0.05, 0.1) is 18.3 Å². The fraction of sp³-hybridized carbons (Fsp3) is 0.0556. The highest BCUT2D eigenvalue weighted by Crippen LogP contribution is 2.31. The summed E-state index contributed by atoms with van der Waals surface area (Å²) in [6.45, 7) is 0. The average Bonchev–Trinajstić information content (AvgIpc) is 3.09. The number of hydrogen-bond donors (Lipinski definition) is 2. The Morgan fingerprint density at radius 1 is 1.24 bits per heavy atom. The highest BCUT2D eigenvalue weighted by Gasteiger charge is 2.18. The van der Waals surface area contributed by atoms with E-state index in [0.29, 0.717) is 32.1 Å². The summed E-state index contributed by atoms with van der Waals surface area (Å²) in [5.41, 5.74) is 0.402. The maximum Gasteiger partial charge on any atom is 0.280 e. The van der Waals surface area contributed by atoms with E-state index in [-0.39, 0.29) is 17.2 Å². The molecular formula is C18H12ClN5O4S. The molecule has 0 bridgehead atoms. The third-order valence-corrected chi connectivity index (χ3v) is 4.76. The Labute approximate surface area is 173 Å². The number of nitrogens with zero attached hydrogens (tertiary/aromatic N) is 4. The number of pyridine rings is 3. The van der Waals surface area contributed by atoms with Crippen LogP contribution >= 0.6 is 22.9 Å². The lowest BCUT2D eigenvalue weighted by Gasteiger charge is -2.06. The molecule has 0 aliphatic rings. The van der Waals surface area contributed by atoms with Gasteiger partial charge in [0.25, 0.3) is 5.91 Å². The summed E-state index contributed by atoms with van der Waals surface area (Å²) in [5.74, 6) is -0.0509. The standard InChI is InChI=1S/C18H12ClN5O4S/c1-27-12-4-5-21-14(15(12)25)16(26)24-18-22-11-2-3-13(23-17(11)29-18)28-10-6-9(19)7-20-8-10/h2-8,25H,1H3,(H,22,24,26). The first kappa shape index (κ1) is 18.8. The minimum Gasteiger partial charge on any atom is -0.503 e. The van der Waals surface area contributed by atoms with Gasteiger partial charge < -0.3 is 14.6 Å². The van der Waals surface area contributed by atoms with Gasteiger partial charge in [-0.15, -0.1) is 0 Å². The second-order valence-corrected chi connectivity index (χ2v) is 7.01. The summed E-state index contributed by atoms with van der Waals surface area (Å²) >= 11 is 7.04. The summed E-state index contributed by atoms with van der Waals surface area (Å²) in [6.07, 6.45) is 4.38. The van der Waals surface area contributed by atoms with Crippen LogP contribution in [0.5, 0.6) is 23.1 Å². The SMILES string of the molecule is COc1ccnc(C(=O)Nc2nc3ccc(Oc4cncc(Cl)c4)nc3s2)c1O. The van der Waals surface area contributed by atoms with Gasteiger partial charge in [-0.05, 0) is 6.07 Å². The van der Waals surface area contributed by atoms with E-state index >= 15 is 0 Å². The van der Waals surface area contributed by atoms with Crippen molar-refractivity contribution in [1.82, 2.24) is 19.9 Å². The van der Waals surface area contributed by atoms with Crippen molar-refractivity contribution in [3.63, 3.8) is 0 Å². The van der Waals surface area contributed by atoms with Crippen molar-refractivity contribution < 1.29 is 19.4 Å². The lowest BCUT2D eigenvalue weighted by atomic mass is 10.3. The number of anilines is 1. The van der Waals surface area contributed by atoms with E-state index in [1.807, 2.05) is 0 Å². The number of carbonyl (C=O) groups is 1. The smallest absolute Gasteiger partial charge is 0.280 e. The molecule has 9 nitrogen and oxygen atoms in total. The number of thiazole rings is 1. The van der Waals surface area contributed by atoms with Gasteiger partial charge in [0.15, 0.2) is 22.3 Å². The zero-order chi connectivity index (χ0) is 20.4. The van der Waals surface area contributed by atoms with Crippen LogP contribution in [0.15, 0.2) is 42.9 Å². The van der Waals surface area contributed by atoms with Gasteiger partial charge in [-0.2, -0.15) is 0 Å². The molecule has 0 aliphatic heterocycles. The average molecular weight is 430 g/mol. The second-order valence-electron chi connectivity index (χ2n) is 5.60. The van der Waals surface area contributed by atoms with Gasteiger partial charge in [0.2, 0.25) is 5.88 Å². The molecule has 0 saturated heterocycles. The molecule has 4 aromatic heterocycles. The minimum absolute atomic E-state index is 0.147. The first-order chi connectivity index (χ1) is 14.0. The lowest BCUT2D eigenvalue weighted by Crippen LogP contribution is -2.13. The predicted octanol–water partition coefficient (Wildman–Crippen LogP) is 3.89. The Morgan fingerprint density at radius 3 is 2.90 bits per heavy atom. The number of carbonyl (C=O) groups excluding carboxylic acids is 1. The molecule has 0 atom stereocenters. The molecule has 0 saturated carbocycles. The van der Waals surface area contributed by atoms with Crippen LogP contribution < -0.4 is 14.8 Å². The molecule has 0 aliphatic carbocycles. The van der Waals surface area contributed by atoms with E-state index < -0.39 is 5.91 Å². The van der Waals surface area contributed by atoms with Crippen LogP contribution in [-0.2, 0) is 0 Å². The quantitative estimate of drug-likeness (QED) is 0.490. The van der Waals surface area contributed by atoms with E-state index in [0.717, 1.165) is 11.3 Å². The second kappa shape index (κ2) is 7.86. The zero-order valence-corrected chi connectivity index (χ0v) is 16.4. The molecule has 1 amide bonds. The monoisotopic (exact) mass is 429 g/mol. The third-order valence-electron chi connectivity index (χ3n) is 3.67. The summed E-state index contributed by atoms with van der Waals surface area (Å²) in [4.78, 5) is 29.5. The van der Waals surface area contributed by atoms with Crippen molar-refractivity contribution in [3.8, 4) is 23.1 Å². The van der Waals surface area contributed by atoms with Gasteiger partial charge in [-0.3, -0.25) is 15.1 Å². The Hall–Kier alpha value is -3.50. The van der Waals surface area contributed by atoms with E-state index in [1.165, 1.54) is 31.8 Å². The fourth-order valence-electron chi connectivity index (χ4n) is 2.40. The van der Waals surface area contributed by atoms with Crippen molar-refractivity contribution >= 4 is 44.3 Å². The van der Waals surface area contributed by atoms with Crippen LogP contribution in [0.1, 0.15) is 10.5 Å². The Balaban J connectivity index is 1.55. The molecule has 0 radical (unpaired) electrons. The van der Waals surface area contributed by atoms with E-state index in [4.69, 9.17) is 21.1 Å². The van der Waals surface area contributed by atoms with E-state index in [9.17, 15) is 9.90 Å². The number of hydrogen-bond acceptors (Lipinski definition) is 9. The fourth-order valence-corrected chi connectivity index (χ4v) is 3.39. The van der Waals surface area contributed by atoms with Crippen molar-refractivity contribution in [1.29, 1.82) is 0 Å². The van der Waals surface area contributed by atoms with Crippen molar-refractivity contribution in [2.24, 2.45) is 0 Å². The molecule has 4 aromatic rings. The zero-order valence-electron chi connectivity index (χ0n) is 14.8. The molecule has 0 unspecified atom stereocenters. The minimum atomic E-state index is -0.623. The molecule has 11 heteroatoms. The van der Waals surface area contributed by atoms with Gasteiger partial charge in [-0.1, -0.05) is 22.9 Å². The Kier molecular flexibility index (Phi) is 5.10. The summed E-state index contributed by atoms with van der Waals surface area (Å²) in [7, 11) is 1.38. The Morgan fingerprint density at radius 2 is 2.10 bits per heavy atom. The molecule has 2 N–H and O–H groups in total. The highest BCUT2D eigenvalue weighted by atomic mass is 35.5. The summed E-state index contributed by atoms with van der Waals surface area (Å²) in [5, 5.41) is 13.4. The van der Waals surface area contributed by atoms with Crippen LogP contribution in [0.2, 0.25) is 5.02 Å². The molecule has 146 valence electrons. The van der Waals surface area contributed by atoms with Crippen LogP contribution in [0.4, 0.5) is 5.13 Å². The molecule has 0 aromatic carbocycles. The van der Waals surface area contributed by atoms with Gasteiger partial charge in [0, 0.05) is 30.6 Å². The number of amides is 1. The van der Waals surface area contributed by atoms with E-state index in [2.05, 4.69) is 25.3 Å². The van der Waals surface area contributed by atoms with Crippen LogP contribution in [0, 0.1) is 0 Å². The molecule has 4 rings (SSSR count). The molecular weight excluding hydrogens is 418 g/mol. The number of nitrogens with one attached hydrogen (secondary N) is 1. The number of aromatic hydroxyl groups is 1. The molecule has 0 fully saturated rings. The molecule has 4 heterocycles. The van der Waals surface area contributed by atoms with Gasteiger partial charge >= 0.3 is 0 Å². The first-order valence-electron chi connectivity index (χ1n) is 8.13. The number of halogens is 1. The van der Waals surface area contributed by atoms with Crippen molar-refractivity contribution in [2.75, 3.05) is 12.4 Å². The van der Waals surface area contributed by atoms with E-state index in [1.54, 1.807) is 18.2 Å². The van der Waals surface area contributed by atoms with Crippen molar-refractivity contribution in [2.45, 2.75) is 0 Å². The van der Waals surface area contributed by atoms with Crippen LogP contribution in [0.3, 0.4) is 0 Å². The lowest BCUT2D eigenvalue weighted by molar-refractivity contribution is 0.101. The highest BCUT2D eigenvalue weighted by molar-refractivity contribution is 7.22. The summed E-state index contributed by atoms with van der Waals surface area (Å²) in [6, 6.07) is 6.42. The number of methoxy groups -OCH3 is 1. The normalized spacial score (nSPS) is 10.7. The number of rotatable bonds is 5. The van der Waals surface area contributed by atoms with Crippen molar-refractivity contribution in [3.05, 3.63) is 53.6 Å². The Bertz CT molecular complexity index is 1220. The predicted molar refractivity (Wildman–Crippen MR) is 107 cm³/mol. The topological polar surface area (TPSA) is 119 Å². The third kappa shape index (κ3) is 4.03. The van der Waals surface area contributed by atoms with Gasteiger partial charge in [0.1, 0.15) is 16.1 Å². The number of fused-ring (bicyclic) bond motifs is 1. The summed E-state index contributed by atoms with van der Waals surface area (Å²) < 4.78 is 10.6. The molecule has 0 spiro atoms. The van der Waals surface area contributed by atoms with Crippen LogP contribution in [-0.4, -0.2) is 38.1 Å².